The molecule has 0 spiro atoms. The zero-order chi connectivity index (χ0) is 13.0. The molecule has 1 aromatic carbocycles. The van der Waals surface area contributed by atoms with E-state index in [2.05, 4.69) is 4.98 Å². The van der Waals surface area contributed by atoms with Crippen molar-refractivity contribution in [2.75, 3.05) is 13.2 Å². The number of imidazole rings is 1. The number of halogens is 2. The summed E-state index contributed by atoms with van der Waals surface area (Å²) in [5.74, 6) is 0.679. The van der Waals surface area contributed by atoms with E-state index in [1.165, 1.54) is 6.07 Å². The molecule has 5 heteroatoms. The van der Waals surface area contributed by atoms with E-state index in [9.17, 15) is 4.39 Å². The van der Waals surface area contributed by atoms with Crippen molar-refractivity contribution in [3.05, 3.63) is 29.8 Å². The smallest absolute Gasteiger partial charge is 0.151 e. The number of nitrogens with zero attached hydrogens (tertiary/aromatic N) is 2. The van der Waals surface area contributed by atoms with Crippen molar-refractivity contribution in [2.45, 2.75) is 25.8 Å². The van der Waals surface area contributed by atoms with Crippen LogP contribution in [0.25, 0.3) is 11.0 Å². The van der Waals surface area contributed by atoms with Crippen LogP contribution in [0.15, 0.2) is 18.2 Å². The third kappa shape index (κ3) is 2.65. The summed E-state index contributed by atoms with van der Waals surface area (Å²) in [7, 11) is 0. The maximum Gasteiger partial charge on any atom is 0.151 e. The van der Waals surface area contributed by atoms with Crippen LogP contribution in [0.4, 0.5) is 4.39 Å². The molecule has 0 radical (unpaired) electrons. The molecule has 0 aliphatic rings. The molecule has 0 amide bonds. The van der Waals surface area contributed by atoms with Gasteiger partial charge in [-0.3, -0.25) is 0 Å². The van der Waals surface area contributed by atoms with Crippen molar-refractivity contribution in [1.29, 1.82) is 0 Å². The van der Waals surface area contributed by atoms with Gasteiger partial charge in [-0.05, 0) is 25.5 Å². The Bertz CT molecular complexity index is 527. The molecule has 98 valence electrons. The summed E-state index contributed by atoms with van der Waals surface area (Å²) in [6.45, 7) is 4.10. The SMILES string of the molecule is CCOCCCn1c(CCl)nc2c(F)cccc21. The van der Waals surface area contributed by atoms with Crippen LogP contribution in [0.2, 0.25) is 0 Å². The fourth-order valence-corrected chi connectivity index (χ4v) is 2.19. The van der Waals surface area contributed by atoms with E-state index in [-0.39, 0.29) is 11.7 Å². The lowest BCUT2D eigenvalue weighted by Crippen LogP contribution is -2.05. The first kappa shape index (κ1) is 13.3. The second-order valence-electron chi connectivity index (χ2n) is 3.97. The second-order valence-corrected chi connectivity index (χ2v) is 4.24. The molecular formula is C13H16ClFN2O. The number of hydrogen-bond acceptors (Lipinski definition) is 2. The van der Waals surface area contributed by atoms with E-state index >= 15 is 0 Å². The highest BCUT2D eigenvalue weighted by Gasteiger charge is 2.12. The van der Waals surface area contributed by atoms with Crippen molar-refractivity contribution >= 4 is 22.6 Å². The van der Waals surface area contributed by atoms with E-state index in [4.69, 9.17) is 16.3 Å². The predicted molar refractivity (Wildman–Crippen MR) is 70.4 cm³/mol. The topological polar surface area (TPSA) is 27.1 Å². The summed E-state index contributed by atoms with van der Waals surface area (Å²) in [4.78, 5) is 4.24. The summed E-state index contributed by atoms with van der Waals surface area (Å²) < 4.78 is 20.9. The third-order valence-electron chi connectivity index (χ3n) is 2.80. The number of alkyl halides is 1. The van der Waals surface area contributed by atoms with Gasteiger partial charge in [-0.2, -0.15) is 0 Å². The minimum atomic E-state index is -0.303. The van der Waals surface area contributed by atoms with Gasteiger partial charge in [0.05, 0.1) is 11.4 Å². The Morgan fingerprint density at radius 1 is 1.44 bits per heavy atom. The Labute approximate surface area is 111 Å². The monoisotopic (exact) mass is 270 g/mol. The predicted octanol–water partition coefficient (Wildman–Crippen LogP) is 3.34. The summed E-state index contributed by atoms with van der Waals surface area (Å²) >= 11 is 5.86. The average molecular weight is 271 g/mol. The number of fused-ring (bicyclic) bond motifs is 1. The maximum atomic E-state index is 13.6. The molecule has 0 bridgehead atoms. The Balaban J connectivity index is 2.26. The Kier molecular flexibility index (Phi) is 4.55. The molecule has 1 heterocycles. The summed E-state index contributed by atoms with van der Waals surface area (Å²) in [6, 6.07) is 4.97. The molecule has 0 unspecified atom stereocenters. The minimum absolute atomic E-state index is 0.281. The zero-order valence-electron chi connectivity index (χ0n) is 10.3. The van der Waals surface area contributed by atoms with Gasteiger partial charge in [0.15, 0.2) is 5.82 Å². The minimum Gasteiger partial charge on any atom is -0.382 e. The van der Waals surface area contributed by atoms with Crippen molar-refractivity contribution in [3.63, 3.8) is 0 Å². The molecule has 0 saturated heterocycles. The molecule has 0 saturated carbocycles. The molecule has 0 aliphatic heterocycles. The summed E-state index contributed by atoms with van der Waals surface area (Å²) in [5.41, 5.74) is 1.19. The van der Waals surface area contributed by atoms with Crippen molar-refractivity contribution in [1.82, 2.24) is 9.55 Å². The van der Waals surface area contributed by atoms with Gasteiger partial charge in [0.25, 0.3) is 0 Å². The van der Waals surface area contributed by atoms with E-state index in [1.807, 2.05) is 17.6 Å². The van der Waals surface area contributed by atoms with Gasteiger partial charge in [-0.1, -0.05) is 6.07 Å². The van der Waals surface area contributed by atoms with Crippen LogP contribution >= 0.6 is 11.6 Å². The van der Waals surface area contributed by atoms with Crippen LogP contribution in [-0.2, 0) is 17.2 Å². The quantitative estimate of drug-likeness (QED) is 0.595. The average Bonchev–Trinajstić information content (AvgIpc) is 2.74. The molecule has 0 fully saturated rings. The van der Waals surface area contributed by atoms with Crippen molar-refractivity contribution in [3.8, 4) is 0 Å². The highest BCUT2D eigenvalue weighted by molar-refractivity contribution is 6.16. The molecule has 0 aliphatic carbocycles. The van der Waals surface area contributed by atoms with Gasteiger partial charge in [-0.15, -0.1) is 11.6 Å². The van der Waals surface area contributed by atoms with E-state index in [1.54, 1.807) is 6.07 Å². The van der Waals surface area contributed by atoms with Crippen molar-refractivity contribution < 1.29 is 9.13 Å². The highest BCUT2D eigenvalue weighted by Crippen LogP contribution is 2.20. The van der Waals surface area contributed by atoms with Crippen molar-refractivity contribution in [2.24, 2.45) is 0 Å². The fourth-order valence-electron chi connectivity index (χ4n) is 1.98. The number of aromatic nitrogens is 2. The van der Waals surface area contributed by atoms with E-state index in [0.29, 0.717) is 24.6 Å². The first-order valence-electron chi connectivity index (χ1n) is 6.05. The number of ether oxygens (including phenoxy) is 1. The van der Waals surface area contributed by atoms with Gasteiger partial charge in [0.1, 0.15) is 11.3 Å². The fraction of sp³-hybridized carbons (Fsp3) is 0.462. The van der Waals surface area contributed by atoms with E-state index < -0.39 is 0 Å². The Morgan fingerprint density at radius 3 is 3.00 bits per heavy atom. The zero-order valence-corrected chi connectivity index (χ0v) is 11.1. The van der Waals surface area contributed by atoms with Crippen LogP contribution in [0.5, 0.6) is 0 Å². The second kappa shape index (κ2) is 6.16. The lowest BCUT2D eigenvalue weighted by atomic mass is 10.3. The molecular weight excluding hydrogens is 255 g/mol. The largest absolute Gasteiger partial charge is 0.382 e. The number of rotatable bonds is 6. The Hall–Kier alpha value is -1.13. The number of hydrogen-bond donors (Lipinski definition) is 0. The van der Waals surface area contributed by atoms with Gasteiger partial charge >= 0.3 is 0 Å². The standard InChI is InChI=1S/C13H16ClFN2O/c1-2-18-8-4-7-17-11-6-3-5-10(15)13(11)16-12(17)9-14/h3,5-6H,2,4,7-9H2,1H3. The molecule has 18 heavy (non-hydrogen) atoms. The number of benzene rings is 1. The number of aryl methyl sites for hydroxylation is 1. The molecule has 0 N–H and O–H groups in total. The van der Waals surface area contributed by atoms with Gasteiger partial charge in [0, 0.05) is 19.8 Å². The van der Waals surface area contributed by atoms with Gasteiger partial charge in [0.2, 0.25) is 0 Å². The van der Waals surface area contributed by atoms with Crippen LogP contribution in [0.1, 0.15) is 19.2 Å². The lowest BCUT2D eigenvalue weighted by molar-refractivity contribution is 0.142. The molecule has 1 aromatic heterocycles. The first-order valence-corrected chi connectivity index (χ1v) is 6.58. The highest BCUT2D eigenvalue weighted by atomic mass is 35.5. The van der Waals surface area contributed by atoms with Crippen LogP contribution in [0, 0.1) is 5.82 Å². The molecule has 3 nitrogen and oxygen atoms in total. The maximum absolute atomic E-state index is 13.6. The molecule has 0 atom stereocenters. The number of para-hydroxylation sites is 1. The molecule has 2 aromatic rings. The summed E-state index contributed by atoms with van der Waals surface area (Å²) in [5, 5.41) is 0. The van der Waals surface area contributed by atoms with Gasteiger partial charge < -0.3 is 9.30 Å². The van der Waals surface area contributed by atoms with Crippen LogP contribution in [0.3, 0.4) is 0 Å². The Morgan fingerprint density at radius 2 is 2.28 bits per heavy atom. The third-order valence-corrected chi connectivity index (χ3v) is 3.04. The van der Waals surface area contributed by atoms with Crippen LogP contribution < -0.4 is 0 Å². The normalized spacial score (nSPS) is 11.3. The van der Waals surface area contributed by atoms with Gasteiger partial charge in [-0.25, -0.2) is 9.37 Å². The lowest BCUT2D eigenvalue weighted by Gasteiger charge is -2.07. The first-order chi connectivity index (χ1) is 8.77. The van der Waals surface area contributed by atoms with Crippen LogP contribution in [-0.4, -0.2) is 22.8 Å². The summed E-state index contributed by atoms with van der Waals surface area (Å²) in [6.07, 6.45) is 0.861. The van der Waals surface area contributed by atoms with E-state index in [0.717, 1.165) is 18.5 Å². The molecule has 2 rings (SSSR count).